The molecule has 1 saturated heterocycles. The molecule has 0 aliphatic carbocycles. The lowest BCUT2D eigenvalue weighted by Crippen LogP contribution is -2.34. The van der Waals surface area contributed by atoms with Crippen LogP contribution in [-0.4, -0.2) is 30.7 Å². The first-order valence-corrected chi connectivity index (χ1v) is 7.09. The quantitative estimate of drug-likeness (QED) is 0.377. The van der Waals surface area contributed by atoms with Gasteiger partial charge in [-0.05, 0) is 12.5 Å². The van der Waals surface area contributed by atoms with Gasteiger partial charge in [-0.15, -0.1) is 0 Å². The van der Waals surface area contributed by atoms with Crippen molar-refractivity contribution in [2.75, 3.05) is 7.11 Å². The number of carbonyl (C=O) groups excluding carboxylic acids is 2. The number of nitrogens with zero attached hydrogens (tertiary/aromatic N) is 1. The molecular weight excluding hydrogens is 290 g/mol. The number of esters is 1. The van der Waals surface area contributed by atoms with Crippen LogP contribution in [0, 0.1) is 6.92 Å². The van der Waals surface area contributed by atoms with Crippen molar-refractivity contribution in [2.24, 2.45) is 5.10 Å². The molecule has 0 bridgehead atoms. The highest BCUT2D eigenvalue weighted by molar-refractivity contribution is 8.05. The lowest BCUT2D eigenvalue weighted by Gasteiger charge is -2.06. The van der Waals surface area contributed by atoms with Crippen molar-refractivity contribution in [2.45, 2.75) is 12.4 Å². The number of hydrogen-bond acceptors (Lipinski definition) is 6. The molecular formula is C14H15N3O3S. The fourth-order valence-corrected chi connectivity index (χ4v) is 2.42. The third-order valence-electron chi connectivity index (χ3n) is 2.66. The van der Waals surface area contributed by atoms with Gasteiger partial charge in [0.2, 0.25) is 0 Å². The van der Waals surface area contributed by atoms with E-state index in [1.54, 1.807) is 6.21 Å². The molecule has 1 heterocycles. The number of benzene rings is 1. The van der Waals surface area contributed by atoms with Gasteiger partial charge >= 0.3 is 5.97 Å². The smallest absolute Gasteiger partial charge is 0.331 e. The van der Waals surface area contributed by atoms with Gasteiger partial charge in [0, 0.05) is 6.08 Å². The molecule has 1 amide bonds. The topological polar surface area (TPSA) is 79.8 Å². The van der Waals surface area contributed by atoms with E-state index in [1.165, 1.54) is 24.4 Å². The number of ether oxygens (including phenoxy) is 1. The molecule has 21 heavy (non-hydrogen) atoms. The second kappa shape index (κ2) is 6.94. The highest BCUT2D eigenvalue weighted by Gasteiger charge is 2.27. The van der Waals surface area contributed by atoms with Crippen molar-refractivity contribution in [1.29, 1.82) is 0 Å². The highest BCUT2D eigenvalue weighted by atomic mass is 32.2. The van der Waals surface area contributed by atoms with Crippen LogP contribution >= 0.6 is 11.8 Å². The lowest BCUT2D eigenvalue weighted by molar-refractivity contribution is -0.135. The summed E-state index contributed by atoms with van der Waals surface area (Å²) >= 11 is 1.17. The molecule has 0 radical (unpaired) electrons. The molecule has 1 aliphatic heterocycles. The monoisotopic (exact) mass is 305 g/mol. The molecule has 2 rings (SSSR count). The predicted molar refractivity (Wildman–Crippen MR) is 81.5 cm³/mol. The van der Waals surface area contributed by atoms with Gasteiger partial charge in [-0.2, -0.15) is 5.10 Å². The molecule has 1 fully saturated rings. The average Bonchev–Trinajstić information content (AvgIpc) is 2.81. The van der Waals surface area contributed by atoms with Gasteiger partial charge in [0.15, 0.2) is 5.50 Å². The van der Waals surface area contributed by atoms with E-state index in [9.17, 15) is 9.59 Å². The Labute approximate surface area is 126 Å². The van der Waals surface area contributed by atoms with E-state index in [1.807, 2.05) is 31.2 Å². The van der Waals surface area contributed by atoms with Crippen LogP contribution in [0.25, 0.3) is 0 Å². The molecule has 1 atom stereocenters. The normalized spacial score (nSPS) is 19.8. The average molecular weight is 305 g/mol. The second-order valence-electron chi connectivity index (χ2n) is 4.30. The molecule has 1 aliphatic rings. The summed E-state index contributed by atoms with van der Waals surface area (Å²) in [5.41, 5.74) is 4.53. The van der Waals surface area contributed by atoms with E-state index in [0.717, 1.165) is 11.6 Å². The summed E-state index contributed by atoms with van der Waals surface area (Å²) in [4.78, 5) is 23.0. The molecule has 1 aromatic carbocycles. The fraction of sp³-hybridized carbons (Fsp3) is 0.214. The van der Waals surface area contributed by atoms with Gasteiger partial charge in [-0.1, -0.05) is 41.6 Å². The lowest BCUT2D eigenvalue weighted by atomic mass is 10.2. The predicted octanol–water partition coefficient (Wildman–Crippen LogP) is 1.12. The Bertz CT molecular complexity index is 596. The zero-order valence-corrected chi connectivity index (χ0v) is 12.4. The van der Waals surface area contributed by atoms with Gasteiger partial charge in [-0.25, -0.2) is 4.79 Å². The minimum atomic E-state index is -0.559. The van der Waals surface area contributed by atoms with Gasteiger partial charge in [-0.3, -0.25) is 10.2 Å². The van der Waals surface area contributed by atoms with Crippen molar-refractivity contribution < 1.29 is 14.3 Å². The Morgan fingerprint density at radius 3 is 2.81 bits per heavy atom. The fourth-order valence-electron chi connectivity index (χ4n) is 1.56. The second-order valence-corrected chi connectivity index (χ2v) is 5.45. The Kier molecular flexibility index (Phi) is 4.99. The van der Waals surface area contributed by atoms with Gasteiger partial charge in [0.25, 0.3) is 5.91 Å². The molecule has 2 N–H and O–H groups in total. The maximum Gasteiger partial charge on any atom is 0.331 e. The summed E-state index contributed by atoms with van der Waals surface area (Å²) in [5.74, 6) is -0.884. The number of thioether (sulfide) groups is 1. The maximum atomic E-state index is 11.6. The van der Waals surface area contributed by atoms with Crippen LogP contribution in [-0.2, 0) is 14.3 Å². The number of carbonyl (C=O) groups is 2. The molecule has 7 heteroatoms. The Balaban J connectivity index is 1.90. The molecule has 0 aromatic heterocycles. The first kappa shape index (κ1) is 15.1. The zero-order chi connectivity index (χ0) is 15.2. The molecule has 1 unspecified atom stereocenters. The Hall–Kier alpha value is -2.28. The largest absolute Gasteiger partial charge is 0.466 e. The summed E-state index contributed by atoms with van der Waals surface area (Å²) in [6.45, 7) is 2.01. The van der Waals surface area contributed by atoms with E-state index in [4.69, 9.17) is 0 Å². The van der Waals surface area contributed by atoms with Crippen molar-refractivity contribution in [3.63, 3.8) is 0 Å². The van der Waals surface area contributed by atoms with E-state index in [-0.39, 0.29) is 5.91 Å². The first-order chi connectivity index (χ1) is 10.1. The minimum Gasteiger partial charge on any atom is -0.466 e. The van der Waals surface area contributed by atoms with E-state index in [2.05, 4.69) is 20.6 Å². The number of amides is 1. The Morgan fingerprint density at radius 1 is 1.43 bits per heavy atom. The number of hydrazone groups is 1. The molecule has 0 spiro atoms. The number of rotatable bonds is 4. The van der Waals surface area contributed by atoms with E-state index in [0.29, 0.717) is 4.91 Å². The van der Waals surface area contributed by atoms with Crippen LogP contribution in [0.2, 0.25) is 0 Å². The van der Waals surface area contributed by atoms with Gasteiger partial charge in [0.1, 0.15) is 0 Å². The van der Waals surface area contributed by atoms with Crippen LogP contribution in [0.1, 0.15) is 11.1 Å². The number of hydrogen-bond donors (Lipinski definition) is 2. The third-order valence-corrected chi connectivity index (χ3v) is 3.68. The number of aryl methyl sites for hydroxylation is 1. The highest BCUT2D eigenvalue weighted by Crippen LogP contribution is 2.25. The summed E-state index contributed by atoms with van der Waals surface area (Å²) in [6.07, 6.45) is 2.82. The number of methoxy groups -OCH3 is 1. The van der Waals surface area contributed by atoms with Crippen LogP contribution in [0.5, 0.6) is 0 Å². The third kappa shape index (κ3) is 4.35. The molecule has 1 aromatic rings. The van der Waals surface area contributed by atoms with E-state index >= 15 is 0 Å². The van der Waals surface area contributed by atoms with Crippen molar-refractivity contribution in [3.8, 4) is 0 Å². The Morgan fingerprint density at radius 2 is 2.14 bits per heavy atom. The van der Waals surface area contributed by atoms with Crippen molar-refractivity contribution >= 4 is 29.9 Å². The number of nitrogens with one attached hydrogen (secondary N) is 2. The molecule has 6 nitrogen and oxygen atoms in total. The summed E-state index contributed by atoms with van der Waals surface area (Å²) in [7, 11) is 1.26. The van der Waals surface area contributed by atoms with Crippen molar-refractivity contribution in [1.82, 2.24) is 10.7 Å². The zero-order valence-electron chi connectivity index (χ0n) is 11.6. The summed E-state index contributed by atoms with van der Waals surface area (Å²) in [5, 5.41) is 6.72. The van der Waals surface area contributed by atoms with Crippen LogP contribution in [0.15, 0.2) is 40.3 Å². The maximum absolute atomic E-state index is 11.6. The standard InChI is InChI=1S/C14H15N3O3S/c1-9-3-5-10(6-4-9)8-15-17-14-16-13(19)11(21-14)7-12(18)20-2/h3-8,14,17H,1-2H3,(H,16,19). The molecule has 110 valence electrons. The van der Waals surface area contributed by atoms with Crippen LogP contribution in [0.4, 0.5) is 0 Å². The SMILES string of the molecule is COC(=O)C=C1SC(NN=Cc2ccc(C)cc2)NC1=O. The van der Waals surface area contributed by atoms with Crippen molar-refractivity contribution in [3.05, 3.63) is 46.4 Å². The summed E-state index contributed by atoms with van der Waals surface area (Å²) in [6, 6.07) is 7.88. The summed E-state index contributed by atoms with van der Waals surface area (Å²) < 4.78 is 4.49. The van der Waals surface area contributed by atoms with Gasteiger partial charge < -0.3 is 10.1 Å². The van der Waals surface area contributed by atoms with Crippen LogP contribution < -0.4 is 10.7 Å². The van der Waals surface area contributed by atoms with Crippen LogP contribution in [0.3, 0.4) is 0 Å². The molecule has 0 saturated carbocycles. The first-order valence-electron chi connectivity index (χ1n) is 6.21. The van der Waals surface area contributed by atoms with E-state index < -0.39 is 11.5 Å². The minimum absolute atomic E-state index is 0.296. The van der Waals surface area contributed by atoms with Gasteiger partial charge in [0.05, 0.1) is 18.2 Å².